The number of ether oxygens (including phenoxy) is 1. The molecule has 1 N–H and O–H groups in total. The Bertz CT molecular complexity index is 471. The number of rotatable bonds is 4. The van der Waals surface area contributed by atoms with Gasteiger partial charge < -0.3 is 10.1 Å². The fourth-order valence-corrected chi connectivity index (χ4v) is 2.75. The first-order valence-corrected chi connectivity index (χ1v) is 8.00. The molecule has 1 saturated heterocycles. The molecule has 1 aromatic rings. The topological polar surface area (TPSA) is 54.5 Å². The SMILES string of the molecule is CC(C)(C)OC(=O)NC[C@@H]1CCCN(Cc2cccnc2)C1. The molecule has 0 aromatic carbocycles. The second-order valence-electron chi connectivity index (χ2n) is 6.99. The maximum Gasteiger partial charge on any atom is 0.407 e. The minimum absolute atomic E-state index is 0.322. The Hall–Kier alpha value is -1.62. The molecule has 1 fully saturated rings. The Balaban J connectivity index is 1.75. The Morgan fingerprint density at radius 1 is 1.50 bits per heavy atom. The number of carbonyl (C=O) groups is 1. The Morgan fingerprint density at radius 3 is 3.00 bits per heavy atom. The van der Waals surface area contributed by atoms with Crippen LogP contribution in [-0.4, -0.2) is 41.2 Å². The monoisotopic (exact) mass is 305 g/mol. The highest BCUT2D eigenvalue weighted by molar-refractivity contribution is 5.67. The molecule has 5 nitrogen and oxygen atoms in total. The van der Waals surface area contributed by atoms with Crippen molar-refractivity contribution in [2.75, 3.05) is 19.6 Å². The lowest BCUT2D eigenvalue weighted by atomic mass is 9.97. The van der Waals surface area contributed by atoms with E-state index in [0.717, 1.165) is 26.1 Å². The van der Waals surface area contributed by atoms with Crippen LogP contribution in [0, 0.1) is 5.92 Å². The molecule has 0 radical (unpaired) electrons. The highest BCUT2D eigenvalue weighted by atomic mass is 16.6. The lowest BCUT2D eigenvalue weighted by Gasteiger charge is -2.33. The molecule has 0 bridgehead atoms. The minimum atomic E-state index is -0.441. The summed E-state index contributed by atoms with van der Waals surface area (Å²) in [5, 5.41) is 2.89. The summed E-state index contributed by atoms with van der Waals surface area (Å²) >= 11 is 0. The van der Waals surface area contributed by atoms with Crippen molar-refractivity contribution in [2.24, 2.45) is 5.92 Å². The average molecular weight is 305 g/mol. The predicted molar refractivity (Wildman–Crippen MR) is 86.5 cm³/mol. The van der Waals surface area contributed by atoms with Crippen LogP contribution in [0.2, 0.25) is 0 Å². The zero-order valence-corrected chi connectivity index (χ0v) is 13.8. The molecule has 1 aliphatic heterocycles. The first-order chi connectivity index (χ1) is 10.4. The van der Waals surface area contributed by atoms with Crippen molar-refractivity contribution in [3.05, 3.63) is 30.1 Å². The van der Waals surface area contributed by atoms with Gasteiger partial charge in [0.05, 0.1) is 0 Å². The van der Waals surface area contributed by atoms with Crippen LogP contribution in [0.5, 0.6) is 0 Å². The molecule has 1 aliphatic rings. The van der Waals surface area contributed by atoms with Crippen molar-refractivity contribution in [1.82, 2.24) is 15.2 Å². The lowest BCUT2D eigenvalue weighted by molar-refractivity contribution is 0.0506. The van der Waals surface area contributed by atoms with Crippen LogP contribution in [0.3, 0.4) is 0 Å². The van der Waals surface area contributed by atoms with Crippen LogP contribution in [0.1, 0.15) is 39.2 Å². The number of carbonyl (C=O) groups excluding carboxylic acids is 1. The van der Waals surface area contributed by atoms with Gasteiger partial charge in [-0.1, -0.05) is 6.07 Å². The fraction of sp³-hybridized carbons (Fsp3) is 0.647. The van der Waals surface area contributed by atoms with E-state index < -0.39 is 5.60 Å². The van der Waals surface area contributed by atoms with Crippen molar-refractivity contribution >= 4 is 6.09 Å². The van der Waals surface area contributed by atoms with Gasteiger partial charge >= 0.3 is 6.09 Å². The second kappa shape index (κ2) is 7.58. The Labute approximate surface area is 133 Å². The molecule has 0 unspecified atom stereocenters. The lowest BCUT2D eigenvalue weighted by Crippen LogP contribution is -2.41. The van der Waals surface area contributed by atoms with E-state index >= 15 is 0 Å². The maximum absolute atomic E-state index is 11.7. The highest BCUT2D eigenvalue weighted by Crippen LogP contribution is 2.18. The van der Waals surface area contributed by atoms with Gasteiger partial charge in [-0.05, 0) is 57.7 Å². The van der Waals surface area contributed by atoms with Crippen LogP contribution >= 0.6 is 0 Å². The van der Waals surface area contributed by atoms with Crippen molar-refractivity contribution in [3.8, 4) is 0 Å². The summed E-state index contributed by atoms with van der Waals surface area (Å²) in [6.45, 7) is 9.35. The molecule has 2 rings (SSSR count). The number of nitrogens with one attached hydrogen (secondary N) is 1. The number of likely N-dealkylation sites (tertiary alicyclic amines) is 1. The van der Waals surface area contributed by atoms with Crippen molar-refractivity contribution in [2.45, 2.75) is 45.8 Å². The molecule has 1 aromatic heterocycles. The molecule has 122 valence electrons. The molecular formula is C17H27N3O2. The molecular weight excluding hydrogens is 278 g/mol. The van der Waals surface area contributed by atoms with Gasteiger partial charge in [-0.2, -0.15) is 0 Å². The van der Waals surface area contributed by atoms with Crippen molar-refractivity contribution in [3.63, 3.8) is 0 Å². The zero-order chi connectivity index (χ0) is 16.0. The minimum Gasteiger partial charge on any atom is -0.444 e. The van der Waals surface area contributed by atoms with Crippen LogP contribution < -0.4 is 5.32 Å². The summed E-state index contributed by atoms with van der Waals surface area (Å²) in [6.07, 6.45) is 5.72. The molecule has 2 heterocycles. The van der Waals surface area contributed by atoms with Crippen molar-refractivity contribution < 1.29 is 9.53 Å². The van der Waals surface area contributed by atoms with Gasteiger partial charge in [-0.3, -0.25) is 9.88 Å². The standard InChI is InChI=1S/C17H27N3O2/c1-17(2,3)22-16(21)19-11-15-7-5-9-20(13-15)12-14-6-4-8-18-10-14/h4,6,8,10,15H,5,7,9,11-13H2,1-3H3,(H,19,21)/t15-/m0/s1. The molecule has 5 heteroatoms. The quantitative estimate of drug-likeness (QED) is 0.929. The van der Waals surface area contributed by atoms with Crippen LogP contribution in [0.15, 0.2) is 24.5 Å². The van der Waals surface area contributed by atoms with E-state index in [0.29, 0.717) is 12.5 Å². The van der Waals surface area contributed by atoms with E-state index in [-0.39, 0.29) is 6.09 Å². The van der Waals surface area contributed by atoms with Crippen LogP contribution in [0.25, 0.3) is 0 Å². The second-order valence-corrected chi connectivity index (χ2v) is 6.99. The summed E-state index contributed by atoms with van der Waals surface area (Å²) in [6, 6.07) is 4.08. The predicted octanol–water partition coefficient (Wildman–Crippen LogP) is 2.82. The fourth-order valence-electron chi connectivity index (χ4n) is 2.75. The van der Waals surface area contributed by atoms with Gasteiger partial charge in [0.15, 0.2) is 0 Å². The third kappa shape index (κ3) is 6.02. The number of amides is 1. The number of nitrogens with zero attached hydrogens (tertiary/aromatic N) is 2. The normalized spacial score (nSPS) is 19.7. The molecule has 1 atom stereocenters. The van der Waals surface area contributed by atoms with Gasteiger partial charge in [-0.15, -0.1) is 0 Å². The number of aromatic nitrogens is 1. The summed E-state index contributed by atoms with van der Waals surface area (Å²) in [7, 11) is 0. The third-order valence-corrected chi connectivity index (χ3v) is 3.67. The number of piperidine rings is 1. The molecule has 0 spiro atoms. The van der Waals surface area contributed by atoms with Crippen LogP contribution in [-0.2, 0) is 11.3 Å². The van der Waals surface area contributed by atoms with Gasteiger partial charge in [-0.25, -0.2) is 4.79 Å². The maximum atomic E-state index is 11.7. The Morgan fingerprint density at radius 2 is 2.32 bits per heavy atom. The van der Waals surface area contributed by atoms with E-state index in [1.807, 2.05) is 33.0 Å². The van der Waals surface area contributed by atoms with E-state index in [9.17, 15) is 4.79 Å². The summed E-state index contributed by atoms with van der Waals surface area (Å²) in [5.74, 6) is 0.484. The molecule has 22 heavy (non-hydrogen) atoms. The van der Waals surface area contributed by atoms with Gasteiger partial charge in [0, 0.05) is 32.0 Å². The summed E-state index contributed by atoms with van der Waals surface area (Å²) < 4.78 is 5.28. The summed E-state index contributed by atoms with van der Waals surface area (Å²) in [5.41, 5.74) is 0.798. The number of pyridine rings is 1. The number of hydrogen-bond donors (Lipinski definition) is 1. The van der Waals surface area contributed by atoms with E-state index in [2.05, 4.69) is 21.3 Å². The number of alkyl carbamates (subject to hydrolysis) is 1. The molecule has 0 saturated carbocycles. The van der Waals surface area contributed by atoms with Crippen molar-refractivity contribution in [1.29, 1.82) is 0 Å². The van der Waals surface area contributed by atoms with Crippen LogP contribution in [0.4, 0.5) is 4.79 Å². The number of hydrogen-bond acceptors (Lipinski definition) is 4. The van der Waals surface area contributed by atoms with E-state index in [1.165, 1.54) is 12.0 Å². The highest BCUT2D eigenvalue weighted by Gasteiger charge is 2.22. The first-order valence-electron chi connectivity index (χ1n) is 8.00. The smallest absolute Gasteiger partial charge is 0.407 e. The molecule has 1 amide bonds. The zero-order valence-electron chi connectivity index (χ0n) is 13.8. The van der Waals surface area contributed by atoms with E-state index in [1.54, 1.807) is 6.20 Å². The summed E-state index contributed by atoms with van der Waals surface area (Å²) in [4.78, 5) is 18.3. The molecule has 0 aliphatic carbocycles. The average Bonchev–Trinajstić information content (AvgIpc) is 2.45. The first kappa shape index (κ1) is 16.7. The largest absolute Gasteiger partial charge is 0.444 e. The van der Waals surface area contributed by atoms with E-state index in [4.69, 9.17) is 4.74 Å². The Kier molecular flexibility index (Phi) is 5.77. The van der Waals surface area contributed by atoms with Gasteiger partial charge in [0.2, 0.25) is 0 Å². The third-order valence-electron chi connectivity index (χ3n) is 3.67. The van der Waals surface area contributed by atoms with Gasteiger partial charge in [0.25, 0.3) is 0 Å². The van der Waals surface area contributed by atoms with Gasteiger partial charge in [0.1, 0.15) is 5.60 Å².